The smallest absolute Gasteiger partial charge is 0.241 e. The number of hydrogen-bond donors (Lipinski definition) is 1. The fourth-order valence-electron chi connectivity index (χ4n) is 7.82. The number of phenols is 1. The van der Waals surface area contributed by atoms with Gasteiger partial charge in [-0.3, -0.25) is 24.1 Å². The number of amides is 4. The Kier molecular flexibility index (Phi) is 6.77. The highest BCUT2D eigenvalue weighted by atomic mass is 79.9. The van der Waals surface area contributed by atoms with Gasteiger partial charge in [0.05, 0.1) is 40.4 Å². The summed E-state index contributed by atoms with van der Waals surface area (Å²) >= 11 is 7.12. The fourth-order valence-corrected chi connectivity index (χ4v) is 8.78. The Morgan fingerprint density at radius 1 is 0.976 bits per heavy atom. The lowest BCUT2D eigenvalue weighted by atomic mass is 9.51. The largest absolute Gasteiger partial charge is 0.503 e. The molecule has 6 atom stereocenters. The summed E-state index contributed by atoms with van der Waals surface area (Å²) in [6.45, 7) is 7.38. The van der Waals surface area contributed by atoms with Crippen molar-refractivity contribution in [2.24, 2.45) is 29.1 Å². The van der Waals surface area contributed by atoms with Gasteiger partial charge in [0, 0.05) is 15.9 Å². The Morgan fingerprint density at radius 2 is 1.64 bits per heavy atom. The second-order valence-corrected chi connectivity index (χ2v) is 14.4. The van der Waals surface area contributed by atoms with Crippen LogP contribution in [0, 0.1) is 29.1 Å². The van der Waals surface area contributed by atoms with Crippen LogP contribution in [0.15, 0.2) is 57.0 Å². The summed E-state index contributed by atoms with van der Waals surface area (Å²) < 4.78 is 6.38. The molecule has 2 aromatic rings. The zero-order valence-corrected chi connectivity index (χ0v) is 27.2. The Labute approximate surface area is 261 Å². The summed E-state index contributed by atoms with van der Waals surface area (Å²) in [6, 6.07) is 10.6. The molecule has 6 rings (SSSR count). The van der Waals surface area contributed by atoms with Gasteiger partial charge in [0.2, 0.25) is 23.6 Å². The van der Waals surface area contributed by atoms with Crippen molar-refractivity contribution >= 4 is 61.2 Å². The summed E-state index contributed by atoms with van der Waals surface area (Å²) in [7, 11) is 1.45. The average molecular weight is 700 g/mol. The number of carbonyl (C=O) groups excluding carboxylic acids is 4. The number of rotatable bonds is 3. The summed E-state index contributed by atoms with van der Waals surface area (Å²) in [6.07, 6.45) is 2.65. The van der Waals surface area contributed by atoms with Crippen molar-refractivity contribution in [1.29, 1.82) is 0 Å². The maximum absolute atomic E-state index is 14.5. The van der Waals surface area contributed by atoms with Crippen molar-refractivity contribution in [3.8, 4) is 11.5 Å². The molecule has 8 nitrogen and oxygen atoms in total. The number of carbonyl (C=O) groups is 4. The standard InChI is InChI=1S/C32H32Br2N2O6/c1-31(2,3)36-27(38)17-12-11-16-18(22(17)29(36)40)13-20-28(39)35(15-9-7-6-8-10-15)30(41)32(20,4)23(16)19-14-21(42-5)26(37)25(34)24(19)33/h6-11,14,17-18,20,22-23,37H,12-13H2,1-5H3/t17-,18+,20-,22-,23+,32+/m0/s1. The molecule has 2 aliphatic carbocycles. The van der Waals surface area contributed by atoms with Crippen LogP contribution in [0.4, 0.5) is 5.69 Å². The summed E-state index contributed by atoms with van der Waals surface area (Å²) in [5, 5.41) is 10.7. The minimum absolute atomic E-state index is 0.100. The number of halogens is 2. The third-order valence-corrected chi connectivity index (χ3v) is 11.8. The van der Waals surface area contributed by atoms with E-state index in [4.69, 9.17) is 4.74 Å². The van der Waals surface area contributed by atoms with Gasteiger partial charge in [0.15, 0.2) is 11.5 Å². The SMILES string of the molecule is COc1cc([C@H]2C3=CC[C@@H]4C(=O)N(C(C)(C)C)C(=O)[C@@H]4[C@@H]3C[C@H]3C(=O)N(c4ccccc4)C(=O)[C@@]23C)c(Br)c(Br)c1O. The van der Waals surface area contributed by atoms with E-state index in [-0.39, 0.29) is 41.5 Å². The first-order valence-electron chi connectivity index (χ1n) is 14.0. The molecule has 2 heterocycles. The Morgan fingerprint density at radius 3 is 2.26 bits per heavy atom. The van der Waals surface area contributed by atoms with Gasteiger partial charge in [-0.2, -0.15) is 0 Å². The van der Waals surface area contributed by atoms with Crippen molar-refractivity contribution in [1.82, 2.24) is 4.90 Å². The van der Waals surface area contributed by atoms with Crippen LogP contribution in [0.25, 0.3) is 0 Å². The molecule has 2 saturated heterocycles. The molecule has 4 amide bonds. The molecule has 0 unspecified atom stereocenters. The van der Waals surface area contributed by atoms with Crippen LogP contribution in [0.1, 0.15) is 52.0 Å². The number of aromatic hydroxyl groups is 1. The summed E-state index contributed by atoms with van der Waals surface area (Å²) in [4.78, 5) is 59.0. The molecule has 0 spiro atoms. The number of benzene rings is 2. The maximum atomic E-state index is 14.5. The number of nitrogens with zero attached hydrogens (tertiary/aromatic N) is 2. The van der Waals surface area contributed by atoms with Crippen molar-refractivity contribution in [3.05, 3.63) is 62.6 Å². The molecule has 10 heteroatoms. The Bertz CT molecular complexity index is 1580. The predicted molar refractivity (Wildman–Crippen MR) is 163 cm³/mol. The molecule has 220 valence electrons. The van der Waals surface area contributed by atoms with Gasteiger partial charge in [-0.15, -0.1) is 0 Å². The number of likely N-dealkylation sites (tertiary alicyclic amines) is 1. The van der Waals surface area contributed by atoms with Crippen LogP contribution in [0.2, 0.25) is 0 Å². The molecule has 0 radical (unpaired) electrons. The second kappa shape index (κ2) is 9.77. The van der Waals surface area contributed by atoms with Crippen molar-refractivity contribution in [2.75, 3.05) is 12.0 Å². The minimum Gasteiger partial charge on any atom is -0.503 e. The molecule has 42 heavy (non-hydrogen) atoms. The highest BCUT2D eigenvalue weighted by Crippen LogP contribution is 2.65. The number of hydrogen-bond acceptors (Lipinski definition) is 6. The number of anilines is 1. The van der Waals surface area contributed by atoms with E-state index in [1.807, 2.05) is 39.8 Å². The van der Waals surface area contributed by atoms with Gasteiger partial charge in [-0.1, -0.05) is 29.8 Å². The van der Waals surface area contributed by atoms with Crippen molar-refractivity contribution < 1.29 is 29.0 Å². The zero-order chi connectivity index (χ0) is 30.5. The van der Waals surface area contributed by atoms with Gasteiger partial charge in [0.1, 0.15) is 0 Å². The first-order valence-corrected chi connectivity index (χ1v) is 15.6. The summed E-state index contributed by atoms with van der Waals surface area (Å²) in [5.41, 5.74) is 0.116. The topological polar surface area (TPSA) is 104 Å². The molecule has 1 N–H and O–H groups in total. The molecule has 3 fully saturated rings. The molecule has 4 aliphatic rings. The van der Waals surface area contributed by atoms with E-state index in [9.17, 15) is 24.3 Å². The van der Waals surface area contributed by atoms with E-state index in [0.29, 0.717) is 26.6 Å². The highest BCUT2D eigenvalue weighted by molar-refractivity contribution is 9.13. The molecule has 0 bridgehead atoms. The minimum atomic E-state index is -1.21. The predicted octanol–water partition coefficient (Wildman–Crippen LogP) is 5.96. The molecule has 2 aliphatic heterocycles. The lowest BCUT2D eigenvalue weighted by Gasteiger charge is -2.49. The van der Waals surface area contributed by atoms with Gasteiger partial charge < -0.3 is 9.84 Å². The number of allylic oxidation sites excluding steroid dienone is 2. The van der Waals surface area contributed by atoms with E-state index >= 15 is 0 Å². The third kappa shape index (κ3) is 3.83. The van der Waals surface area contributed by atoms with Gasteiger partial charge >= 0.3 is 0 Å². The Hall–Kier alpha value is -2.98. The van der Waals surface area contributed by atoms with Gasteiger partial charge in [0.25, 0.3) is 0 Å². The lowest BCUT2D eigenvalue weighted by Crippen LogP contribution is -2.49. The van der Waals surface area contributed by atoms with E-state index in [1.165, 1.54) is 16.9 Å². The lowest BCUT2D eigenvalue weighted by molar-refractivity contribution is -0.145. The van der Waals surface area contributed by atoms with Crippen molar-refractivity contribution in [3.63, 3.8) is 0 Å². The van der Waals surface area contributed by atoms with Crippen molar-refractivity contribution in [2.45, 2.75) is 52.0 Å². The Balaban J connectivity index is 1.58. The third-order valence-electron chi connectivity index (χ3n) is 9.66. The van der Waals surface area contributed by atoms with E-state index < -0.39 is 40.5 Å². The second-order valence-electron chi connectivity index (χ2n) is 12.8. The fraction of sp³-hybridized carbons (Fsp3) is 0.438. The van der Waals surface area contributed by atoms with E-state index in [0.717, 1.165) is 5.57 Å². The van der Waals surface area contributed by atoms with Gasteiger partial charge in [-0.05, 0) is 102 Å². The highest BCUT2D eigenvalue weighted by Gasteiger charge is 2.68. The number of phenolic OH excluding ortho intramolecular Hbond substituents is 1. The number of imide groups is 2. The number of methoxy groups -OCH3 is 1. The normalized spacial score (nSPS) is 30.7. The maximum Gasteiger partial charge on any atom is 0.241 e. The van der Waals surface area contributed by atoms with Crippen LogP contribution in [-0.4, -0.2) is 46.3 Å². The molecular formula is C32H32Br2N2O6. The first-order chi connectivity index (χ1) is 19.7. The molecule has 0 aromatic heterocycles. The van der Waals surface area contributed by atoms with Crippen LogP contribution in [-0.2, 0) is 19.2 Å². The van der Waals surface area contributed by atoms with Crippen LogP contribution >= 0.6 is 31.9 Å². The van der Waals surface area contributed by atoms with Gasteiger partial charge in [-0.25, -0.2) is 4.90 Å². The molecule has 1 saturated carbocycles. The number of ether oxygens (including phenoxy) is 1. The molecule has 2 aromatic carbocycles. The van der Waals surface area contributed by atoms with E-state index in [1.54, 1.807) is 30.3 Å². The first kappa shape index (κ1) is 29.1. The monoisotopic (exact) mass is 698 g/mol. The zero-order valence-electron chi connectivity index (χ0n) is 24.0. The van der Waals surface area contributed by atoms with Crippen LogP contribution in [0.5, 0.6) is 11.5 Å². The van der Waals surface area contributed by atoms with Crippen LogP contribution < -0.4 is 9.64 Å². The van der Waals surface area contributed by atoms with E-state index in [2.05, 4.69) is 31.9 Å². The van der Waals surface area contributed by atoms with Crippen LogP contribution in [0.3, 0.4) is 0 Å². The average Bonchev–Trinajstić information content (AvgIpc) is 3.32. The number of para-hydroxylation sites is 1. The summed E-state index contributed by atoms with van der Waals surface area (Å²) in [5.74, 6) is -3.89. The number of fused-ring (bicyclic) bond motifs is 4. The molecular weight excluding hydrogens is 668 g/mol. The quantitative estimate of drug-likeness (QED) is 0.314.